The molecular weight excluding hydrogens is 642 g/mol. The molecule has 0 aliphatic heterocycles. The molecule has 9 heteroatoms. The van der Waals surface area contributed by atoms with Gasteiger partial charge < -0.3 is 25.4 Å². The maximum absolute atomic E-state index is 13.9. The van der Waals surface area contributed by atoms with E-state index in [1.807, 2.05) is 152 Å². The second kappa shape index (κ2) is 18.5. The van der Waals surface area contributed by atoms with Crippen LogP contribution in [-0.4, -0.2) is 42.0 Å². The smallest absolute Gasteiger partial charge is 0.408 e. The molecule has 0 aliphatic carbocycles. The van der Waals surface area contributed by atoms with Gasteiger partial charge in [0, 0.05) is 12.8 Å². The molecule has 260 valence electrons. The van der Waals surface area contributed by atoms with Gasteiger partial charge in [0.1, 0.15) is 24.7 Å². The zero-order valence-corrected chi connectivity index (χ0v) is 28.3. The van der Waals surface area contributed by atoms with Gasteiger partial charge in [-0.1, -0.05) is 152 Å². The van der Waals surface area contributed by atoms with Crippen molar-refractivity contribution in [1.29, 1.82) is 0 Å². The average molecular weight is 684 g/mol. The van der Waals surface area contributed by atoms with E-state index in [0.717, 1.165) is 27.8 Å². The van der Waals surface area contributed by atoms with Crippen molar-refractivity contribution in [2.75, 3.05) is 0 Å². The van der Waals surface area contributed by atoms with Gasteiger partial charge >= 0.3 is 12.1 Å². The van der Waals surface area contributed by atoms with E-state index in [4.69, 9.17) is 9.47 Å². The number of ether oxygens (including phenoxy) is 2. The van der Waals surface area contributed by atoms with Gasteiger partial charge in [0.15, 0.2) is 6.10 Å². The van der Waals surface area contributed by atoms with E-state index in [2.05, 4.69) is 16.0 Å². The number of alkyl carbamates (subject to hydrolysis) is 1. The molecule has 5 aromatic rings. The Morgan fingerprint density at radius 3 is 1.43 bits per heavy atom. The molecule has 3 amide bonds. The topological polar surface area (TPSA) is 123 Å². The highest BCUT2D eigenvalue weighted by molar-refractivity contribution is 5.93. The van der Waals surface area contributed by atoms with E-state index < -0.39 is 48.1 Å². The predicted octanol–water partition coefficient (Wildman–Crippen LogP) is 6.09. The summed E-state index contributed by atoms with van der Waals surface area (Å²) >= 11 is 0. The van der Waals surface area contributed by atoms with Crippen molar-refractivity contribution in [2.24, 2.45) is 0 Å². The molecule has 5 aromatic carbocycles. The molecule has 0 saturated carbocycles. The Morgan fingerprint density at radius 2 is 0.941 bits per heavy atom. The standard InChI is InChI=1S/C42H41N3O6/c1-30(43-40(47)36(27-31-17-7-2-8-18-31)45-42(49)50-29-33-21-11-4-12-22-33)39(46)44-37(28-32-19-9-3-10-20-32)41(48)51-38(34-23-13-5-14-24-34)35-25-15-6-16-26-35/h2-26,30,36-38H,27-29H2,1H3,(H,43,47)(H,44,46)(H,45,49). The summed E-state index contributed by atoms with van der Waals surface area (Å²) in [5.74, 6) is -1.82. The van der Waals surface area contributed by atoms with Gasteiger partial charge in [-0.15, -0.1) is 0 Å². The van der Waals surface area contributed by atoms with Crippen LogP contribution in [0.1, 0.15) is 40.8 Å². The number of nitrogens with one attached hydrogen (secondary N) is 3. The molecule has 0 aliphatic rings. The summed E-state index contributed by atoms with van der Waals surface area (Å²) in [4.78, 5) is 53.9. The minimum Gasteiger partial charge on any atom is -0.451 e. The third-order valence-corrected chi connectivity index (χ3v) is 8.18. The highest BCUT2D eigenvalue weighted by Gasteiger charge is 2.31. The van der Waals surface area contributed by atoms with Gasteiger partial charge in [-0.05, 0) is 34.7 Å². The van der Waals surface area contributed by atoms with Gasteiger partial charge in [0.25, 0.3) is 0 Å². The molecule has 3 unspecified atom stereocenters. The number of hydrogen-bond acceptors (Lipinski definition) is 6. The number of esters is 1. The molecule has 9 nitrogen and oxygen atoms in total. The first-order chi connectivity index (χ1) is 24.9. The van der Waals surface area contributed by atoms with Crippen LogP contribution in [0.15, 0.2) is 152 Å². The van der Waals surface area contributed by atoms with Crippen molar-refractivity contribution in [2.45, 2.75) is 50.6 Å². The quantitative estimate of drug-likeness (QED) is 0.115. The third-order valence-electron chi connectivity index (χ3n) is 8.18. The first kappa shape index (κ1) is 36.1. The van der Waals surface area contributed by atoms with Crippen LogP contribution in [-0.2, 0) is 43.3 Å². The SMILES string of the molecule is CC(NC(=O)C(Cc1ccccc1)NC(=O)OCc1ccccc1)C(=O)NC(Cc1ccccc1)C(=O)OC(c1ccccc1)c1ccccc1. The van der Waals surface area contributed by atoms with Crippen LogP contribution in [0.5, 0.6) is 0 Å². The van der Waals surface area contributed by atoms with Crippen LogP contribution in [0, 0.1) is 0 Å². The molecule has 0 fully saturated rings. The summed E-state index contributed by atoms with van der Waals surface area (Å²) in [5.41, 5.74) is 3.97. The maximum atomic E-state index is 13.9. The first-order valence-electron chi connectivity index (χ1n) is 16.8. The lowest BCUT2D eigenvalue weighted by Gasteiger charge is -2.25. The second-order valence-electron chi connectivity index (χ2n) is 12.1. The molecule has 0 saturated heterocycles. The fourth-order valence-electron chi connectivity index (χ4n) is 5.47. The molecule has 0 spiro atoms. The summed E-state index contributed by atoms with van der Waals surface area (Å²) in [5, 5.41) is 8.16. The zero-order chi connectivity index (χ0) is 35.8. The number of benzene rings is 5. The normalized spacial score (nSPS) is 12.5. The molecule has 0 aromatic heterocycles. The van der Waals surface area contributed by atoms with E-state index in [1.165, 1.54) is 6.92 Å². The van der Waals surface area contributed by atoms with Crippen LogP contribution in [0.25, 0.3) is 0 Å². The van der Waals surface area contributed by atoms with E-state index in [-0.39, 0.29) is 19.4 Å². The number of carbonyl (C=O) groups excluding carboxylic acids is 4. The fourth-order valence-corrected chi connectivity index (χ4v) is 5.47. The number of carbonyl (C=O) groups is 4. The number of rotatable bonds is 15. The van der Waals surface area contributed by atoms with Crippen LogP contribution in [0.2, 0.25) is 0 Å². The van der Waals surface area contributed by atoms with Crippen molar-refractivity contribution in [1.82, 2.24) is 16.0 Å². The van der Waals surface area contributed by atoms with E-state index in [1.54, 1.807) is 0 Å². The summed E-state index contributed by atoms with van der Waals surface area (Å²) in [6.45, 7) is 1.54. The van der Waals surface area contributed by atoms with E-state index >= 15 is 0 Å². The van der Waals surface area contributed by atoms with Gasteiger partial charge in [-0.3, -0.25) is 9.59 Å². The van der Waals surface area contributed by atoms with Gasteiger partial charge in [0.2, 0.25) is 11.8 Å². The van der Waals surface area contributed by atoms with Crippen LogP contribution >= 0.6 is 0 Å². The van der Waals surface area contributed by atoms with Crippen molar-refractivity contribution >= 4 is 23.9 Å². The third kappa shape index (κ3) is 11.2. The minimum atomic E-state index is -1.07. The van der Waals surface area contributed by atoms with Crippen molar-refractivity contribution in [3.05, 3.63) is 179 Å². The molecule has 0 radical (unpaired) electrons. The Kier molecular flexibility index (Phi) is 13.1. The Morgan fingerprint density at radius 1 is 0.510 bits per heavy atom. The molecule has 3 N–H and O–H groups in total. The Labute approximate surface area is 298 Å². The number of amides is 3. The summed E-state index contributed by atoms with van der Waals surface area (Å²) in [7, 11) is 0. The van der Waals surface area contributed by atoms with E-state index in [0.29, 0.717) is 0 Å². The zero-order valence-electron chi connectivity index (χ0n) is 28.3. The summed E-state index contributed by atoms with van der Waals surface area (Å²) in [6.07, 6.45) is -1.17. The van der Waals surface area contributed by atoms with Crippen LogP contribution < -0.4 is 16.0 Å². The maximum Gasteiger partial charge on any atom is 0.408 e. The lowest BCUT2D eigenvalue weighted by molar-refractivity contribution is -0.151. The molecule has 0 bridgehead atoms. The lowest BCUT2D eigenvalue weighted by atomic mass is 10.0. The summed E-state index contributed by atoms with van der Waals surface area (Å²) in [6, 6.07) is 43.3. The molecular formula is C42H41N3O6. The van der Waals surface area contributed by atoms with Gasteiger partial charge in [-0.2, -0.15) is 0 Å². The van der Waals surface area contributed by atoms with Crippen molar-refractivity contribution in [3.63, 3.8) is 0 Å². The molecule has 51 heavy (non-hydrogen) atoms. The van der Waals surface area contributed by atoms with E-state index in [9.17, 15) is 19.2 Å². The van der Waals surface area contributed by atoms with Crippen LogP contribution in [0.3, 0.4) is 0 Å². The fraction of sp³-hybridized carbons (Fsp3) is 0.190. The van der Waals surface area contributed by atoms with Gasteiger partial charge in [-0.25, -0.2) is 9.59 Å². The highest BCUT2D eigenvalue weighted by Crippen LogP contribution is 2.26. The van der Waals surface area contributed by atoms with Gasteiger partial charge in [0.05, 0.1) is 0 Å². The monoisotopic (exact) mass is 683 g/mol. The predicted molar refractivity (Wildman–Crippen MR) is 194 cm³/mol. The minimum absolute atomic E-state index is 0.0272. The molecule has 0 heterocycles. The number of hydrogen-bond donors (Lipinski definition) is 3. The average Bonchev–Trinajstić information content (AvgIpc) is 3.17. The van der Waals surface area contributed by atoms with Crippen molar-refractivity contribution in [3.8, 4) is 0 Å². The van der Waals surface area contributed by atoms with Crippen molar-refractivity contribution < 1.29 is 28.7 Å². The molecule has 5 rings (SSSR count). The first-order valence-corrected chi connectivity index (χ1v) is 16.8. The highest BCUT2D eigenvalue weighted by atomic mass is 16.6. The van der Waals surface area contributed by atoms with Crippen LogP contribution in [0.4, 0.5) is 4.79 Å². The molecule has 3 atom stereocenters. The Balaban J connectivity index is 1.28. The second-order valence-corrected chi connectivity index (χ2v) is 12.1. The lowest BCUT2D eigenvalue weighted by Crippen LogP contribution is -2.55. The Hall–Kier alpha value is -6.22. The largest absolute Gasteiger partial charge is 0.451 e. The Bertz CT molecular complexity index is 1800. The summed E-state index contributed by atoms with van der Waals surface area (Å²) < 4.78 is 11.5.